The third kappa shape index (κ3) is 3.63. The molecule has 19 heavy (non-hydrogen) atoms. The summed E-state index contributed by atoms with van der Waals surface area (Å²) >= 11 is 0. The van der Waals surface area contributed by atoms with Gasteiger partial charge in [0.05, 0.1) is 25.5 Å². The molecule has 0 saturated carbocycles. The van der Waals surface area contributed by atoms with Crippen molar-refractivity contribution in [2.24, 2.45) is 0 Å². The Balaban J connectivity index is 3.49. The SMILES string of the molecule is COc1cnc(C(F)(F)F)c(OC(F)(F)F)c1CO. The number of rotatable bonds is 3. The summed E-state index contributed by atoms with van der Waals surface area (Å²) in [5, 5.41) is 8.89. The van der Waals surface area contributed by atoms with Crippen LogP contribution in [-0.2, 0) is 12.8 Å². The maximum atomic E-state index is 12.5. The summed E-state index contributed by atoms with van der Waals surface area (Å²) in [5.41, 5.74) is -2.68. The topological polar surface area (TPSA) is 51.6 Å². The fraction of sp³-hybridized carbons (Fsp3) is 0.444. The second-order valence-electron chi connectivity index (χ2n) is 3.19. The van der Waals surface area contributed by atoms with E-state index in [0.29, 0.717) is 6.20 Å². The van der Waals surface area contributed by atoms with E-state index in [4.69, 9.17) is 5.11 Å². The smallest absolute Gasteiger partial charge is 0.495 e. The summed E-state index contributed by atoms with van der Waals surface area (Å²) in [6.07, 6.45) is -9.98. The second-order valence-corrected chi connectivity index (χ2v) is 3.19. The van der Waals surface area contributed by atoms with Crippen LogP contribution in [0.4, 0.5) is 26.3 Å². The highest BCUT2D eigenvalue weighted by atomic mass is 19.4. The number of pyridine rings is 1. The van der Waals surface area contributed by atoms with Gasteiger partial charge in [0.2, 0.25) is 0 Å². The van der Waals surface area contributed by atoms with E-state index in [2.05, 4.69) is 14.5 Å². The Kier molecular flexibility index (Phi) is 4.13. The molecule has 0 amide bonds. The molecule has 0 fully saturated rings. The Labute approximate surface area is 102 Å². The van der Waals surface area contributed by atoms with Crippen LogP contribution >= 0.6 is 0 Å². The molecule has 10 heteroatoms. The summed E-state index contributed by atoms with van der Waals surface area (Å²) in [4.78, 5) is 2.83. The van der Waals surface area contributed by atoms with Crippen molar-refractivity contribution in [3.05, 3.63) is 17.5 Å². The molecule has 108 valence electrons. The average Bonchev–Trinajstić information content (AvgIpc) is 2.24. The highest BCUT2D eigenvalue weighted by Crippen LogP contribution is 2.41. The fourth-order valence-corrected chi connectivity index (χ4v) is 1.27. The number of hydrogen-bond donors (Lipinski definition) is 1. The molecule has 0 bridgehead atoms. The normalized spacial score (nSPS) is 12.4. The Morgan fingerprint density at radius 3 is 2.16 bits per heavy atom. The lowest BCUT2D eigenvalue weighted by Gasteiger charge is -2.18. The lowest BCUT2D eigenvalue weighted by molar-refractivity contribution is -0.277. The van der Waals surface area contributed by atoms with Crippen molar-refractivity contribution in [1.29, 1.82) is 0 Å². The first kappa shape index (κ1) is 15.3. The molecule has 4 nitrogen and oxygen atoms in total. The minimum atomic E-state index is -5.36. The van der Waals surface area contributed by atoms with Gasteiger partial charge in [-0.2, -0.15) is 13.2 Å². The van der Waals surface area contributed by atoms with Gasteiger partial charge in [-0.1, -0.05) is 0 Å². The number of aromatic nitrogens is 1. The molecule has 0 spiro atoms. The number of nitrogens with zero attached hydrogens (tertiary/aromatic N) is 1. The molecular weight excluding hydrogens is 284 g/mol. The molecule has 1 aromatic heterocycles. The molecular formula is C9H7F6NO3. The van der Waals surface area contributed by atoms with Crippen LogP contribution in [-0.4, -0.2) is 23.6 Å². The minimum absolute atomic E-state index is 0.449. The van der Waals surface area contributed by atoms with E-state index in [9.17, 15) is 26.3 Å². The Morgan fingerprint density at radius 1 is 1.21 bits per heavy atom. The van der Waals surface area contributed by atoms with Gasteiger partial charge in [-0.25, -0.2) is 4.98 Å². The third-order valence-electron chi connectivity index (χ3n) is 1.96. The molecule has 0 unspecified atom stereocenters. The van der Waals surface area contributed by atoms with Crippen molar-refractivity contribution in [2.45, 2.75) is 19.1 Å². The first-order valence-electron chi connectivity index (χ1n) is 4.59. The van der Waals surface area contributed by atoms with Crippen LogP contribution in [0.15, 0.2) is 6.20 Å². The summed E-state index contributed by atoms with van der Waals surface area (Å²) in [6.45, 7) is -1.14. The molecule has 0 aromatic carbocycles. The molecule has 0 aliphatic heterocycles. The quantitative estimate of drug-likeness (QED) is 0.869. The van der Waals surface area contributed by atoms with E-state index < -0.39 is 41.9 Å². The molecule has 1 N–H and O–H groups in total. The van der Waals surface area contributed by atoms with Gasteiger partial charge in [0.25, 0.3) is 0 Å². The van der Waals surface area contributed by atoms with E-state index >= 15 is 0 Å². The van der Waals surface area contributed by atoms with E-state index in [-0.39, 0.29) is 0 Å². The number of aliphatic hydroxyl groups is 1. The molecule has 0 aliphatic carbocycles. The average molecular weight is 291 g/mol. The van der Waals surface area contributed by atoms with Crippen molar-refractivity contribution in [3.63, 3.8) is 0 Å². The highest BCUT2D eigenvalue weighted by Gasteiger charge is 2.42. The molecule has 0 radical (unpaired) electrons. The zero-order valence-corrected chi connectivity index (χ0v) is 9.26. The summed E-state index contributed by atoms with van der Waals surface area (Å²) in [5.74, 6) is -2.07. The zero-order chi connectivity index (χ0) is 14.8. The van der Waals surface area contributed by atoms with Gasteiger partial charge < -0.3 is 14.6 Å². The maximum Gasteiger partial charge on any atom is 0.573 e. The van der Waals surface area contributed by atoms with Gasteiger partial charge in [0.1, 0.15) is 5.75 Å². The Hall–Kier alpha value is -1.71. The predicted molar refractivity (Wildman–Crippen MR) is 48.4 cm³/mol. The first-order chi connectivity index (χ1) is 8.60. The van der Waals surface area contributed by atoms with Crippen LogP contribution in [0.25, 0.3) is 0 Å². The van der Waals surface area contributed by atoms with Crippen molar-refractivity contribution < 1.29 is 40.9 Å². The van der Waals surface area contributed by atoms with Crippen LogP contribution in [0.2, 0.25) is 0 Å². The van der Waals surface area contributed by atoms with Gasteiger partial charge in [-0.05, 0) is 0 Å². The first-order valence-corrected chi connectivity index (χ1v) is 4.59. The van der Waals surface area contributed by atoms with Crippen LogP contribution in [0.1, 0.15) is 11.3 Å². The van der Waals surface area contributed by atoms with Gasteiger partial charge >= 0.3 is 12.5 Å². The van der Waals surface area contributed by atoms with Crippen molar-refractivity contribution in [2.75, 3.05) is 7.11 Å². The standard InChI is InChI=1S/C9H7F6NO3/c1-18-5-2-16-7(8(10,11)12)6(4(5)3-17)19-9(13,14)15/h2,17H,3H2,1H3. The molecule has 1 heterocycles. The fourth-order valence-electron chi connectivity index (χ4n) is 1.27. The molecule has 1 rings (SSSR count). The Bertz CT molecular complexity index is 456. The lowest BCUT2D eigenvalue weighted by Crippen LogP contribution is -2.22. The second kappa shape index (κ2) is 5.11. The third-order valence-corrected chi connectivity index (χ3v) is 1.96. The van der Waals surface area contributed by atoms with Crippen molar-refractivity contribution >= 4 is 0 Å². The van der Waals surface area contributed by atoms with Crippen molar-refractivity contribution in [3.8, 4) is 11.5 Å². The molecule has 0 aliphatic rings. The van der Waals surface area contributed by atoms with Crippen LogP contribution in [0.5, 0.6) is 11.5 Å². The number of alkyl halides is 6. The largest absolute Gasteiger partial charge is 0.573 e. The van der Waals surface area contributed by atoms with Crippen LogP contribution < -0.4 is 9.47 Å². The zero-order valence-electron chi connectivity index (χ0n) is 9.26. The van der Waals surface area contributed by atoms with E-state index in [1.165, 1.54) is 0 Å². The number of hydrogen-bond acceptors (Lipinski definition) is 4. The van der Waals surface area contributed by atoms with Gasteiger partial charge in [0, 0.05) is 0 Å². The van der Waals surface area contributed by atoms with E-state index in [1.807, 2.05) is 0 Å². The summed E-state index contributed by atoms with van der Waals surface area (Å²) in [6, 6.07) is 0. The van der Waals surface area contributed by atoms with Gasteiger partial charge in [-0.3, -0.25) is 0 Å². The van der Waals surface area contributed by atoms with Crippen LogP contribution in [0.3, 0.4) is 0 Å². The highest BCUT2D eigenvalue weighted by molar-refractivity contribution is 5.47. The molecule has 1 aromatic rings. The summed E-state index contributed by atoms with van der Waals surface area (Å²) in [7, 11) is 1.00. The number of halogens is 6. The van der Waals surface area contributed by atoms with Crippen LogP contribution in [0, 0.1) is 0 Å². The number of methoxy groups -OCH3 is 1. The molecule has 0 saturated heterocycles. The van der Waals surface area contributed by atoms with E-state index in [1.54, 1.807) is 0 Å². The Morgan fingerprint density at radius 2 is 1.79 bits per heavy atom. The van der Waals surface area contributed by atoms with Gasteiger partial charge in [-0.15, -0.1) is 13.2 Å². The maximum absolute atomic E-state index is 12.5. The van der Waals surface area contributed by atoms with E-state index in [0.717, 1.165) is 7.11 Å². The lowest BCUT2D eigenvalue weighted by atomic mass is 10.2. The van der Waals surface area contributed by atoms with Gasteiger partial charge in [0.15, 0.2) is 11.4 Å². The number of aliphatic hydroxyl groups excluding tert-OH is 1. The monoisotopic (exact) mass is 291 g/mol. The number of ether oxygens (including phenoxy) is 2. The predicted octanol–water partition coefficient (Wildman–Crippen LogP) is 2.50. The summed E-state index contributed by atoms with van der Waals surface area (Å²) < 4.78 is 81.8. The minimum Gasteiger partial charge on any atom is -0.495 e. The molecule has 0 atom stereocenters. The van der Waals surface area contributed by atoms with Crippen molar-refractivity contribution in [1.82, 2.24) is 4.98 Å².